The average Bonchev–Trinajstić information content (AvgIpc) is 2.44. The van der Waals surface area contributed by atoms with Crippen LogP contribution in [0.2, 0.25) is 0 Å². The third kappa shape index (κ3) is 7.79. The minimum atomic E-state index is 0.0676. The Morgan fingerprint density at radius 2 is 1.78 bits per heavy atom. The number of likely N-dealkylation sites (N-methyl/N-ethyl adjacent to an activating group) is 1. The molecule has 0 spiro atoms. The molecule has 134 valence electrons. The summed E-state index contributed by atoms with van der Waals surface area (Å²) in [5, 5.41) is 5.93. The van der Waals surface area contributed by atoms with Crippen LogP contribution in [0.5, 0.6) is 0 Å². The zero-order valence-electron chi connectivity index (χ0n) is 15.4. The largest absolute Gasteiger partial charge is 0.355 e. The third-order valence-corrected chi connectivity index (χ3v) is 4.18. The Labute approximate surface area is 141 Å². The second kappa shape index (κ2) is 9.23. The lowest BCUT2D eigenvalue weighted by Crippen LogP contribution is -2.46. The maximum Gasteiger partial charge on any atom is 0.234 e. The van der Waals surface area contributed by atoms with Crippen LogP contribution in [0, 0.1) is 11.3 Å². The van der Waals surface area contributed by atoms with Crippen LogP contribution in [0.4, 0.5) is 0 Å². The predicted molar refractivity (Wildman–Crippen MR) is 93.2 cm³/mol. The van der Waals surface area contributed by atoms with Gasteiger partial charge < -0.3 is 15.5 Å². The lowest BCUT2D eigenvalue weighted by atomic mass is 9.91. The Balaban J connectivity index is 2.31. The normalized spacial score (nSPS) is 17.3. The molecule has 1 aliphatic rings. The summed E-state index contributed by atoms with van der Waals surface area (Å²) in [6.07, 6.45) is 1.67. The quantitative estimate of drug-likeness (QED) is 0.683. The fourth-order valence-electron chi connectivity index (χ4n) is 3.19. The van der Waals surface area contributed by atoms with Crippen LogP contribution < -0.4 is 10.6 Å². The summed E-state index contributed by atoms with van der Waals surface area (Å²) in [6, 6.07) is 0. The first-order valence-corrected chi connectivity index (χ1v) is 8.65. The van der Waals surface area contributed by atoms with E-state index in [4.69, 9.17) is 0 Å². The highest BCUT2D eigenvalue weighted by atomic mass is 16.2. The van der Waals surface area contributed by atoms with E-state index in [1.165, 1.54) is 0 Å². The van der Waals surface area contributed by atoms with Crippen LogP contribution in [0.15, 0.2) is 0 Å². The van der Waals surface area contributed by atoms with E-state index in [-0.39, 0.29) is 23.1 Å². The molecule has 6 nitrogen and oxygen atoms in total. The number of hydrogen-bond donors (Lipinski definition) is 2. The molecule has 0 bridgehead atoms. The van der Waals surface area contributed by atoms with Crippen LogP contribution in [0.25, 0.3) is 0 Å². The zero-order chi connectivity index (χ0) is 17.5. The Morgan fingerprint density at radius 1 is 1.17 bits per heavy atom. The number of rotatable bonds is 8. The number of nitrogens with zero attached hydrogens (tertiary/aromatic N) is 2. The first kappa shape index (κ1) is 19.9. The SMILES string of the molecule is CCNC(=O)CN1CCC(C(=O)NCC(C)(C)CN(C)C)CC1. The lowest BCUT2D eigenvalue weighted by molar-refractivity contribution is -0.127. The number of amides is 2. The number of hydrogen-bond acceptors (Lipinski definition) is 4. The van der Waals surface area contributed by atoms with E-state index >= 15 is 0 Å². The standard InChI is InChI=1S/C17H34N4O2/c1-6-18-15(22)11-21-9-7-14(8-10-21)16(23)19-12-17(2,3)13-20(4)5/h14H,6-13H2,1-5H3,(H,18,22)(H,19,23). The van der Waals surface area contributed by atoms with Gasteiger partial charge in [0.05, 0.1) is 6.54 Å². The summed E-state index contributed by atoms with van der Waals surface area (Å²) < 4.78 is 0. The molecule has 0 aromatic rings. The van der Waals surface area contributed by atoms with E-state index in [9.17, 15) is 9.59 Å². The van der Waals surface area contributed by atoms with Crippen molar-refractivity contribution in [3.63, 3.8) is 0 Å². The van der Waals surface area contributed by atoms with Crippen LogP contribution in [0.1, 0.15) is 33.6 Å². The Kier molecular flexibility index (Phi) is 7.99. The molecule has 6 heteroatoms. The second-order valence-electron chi connectivity index (χ2n) is 7.62. The van der Waals surface area contributed by atoms with E-state index < -0.39 is 0 Å². The minimum Gasteiger partial charge on any atom is -0.355 e. The highest BCUT2D eigenvalue weighted by Crippen LogP contribution is 2.19. The molecule has 0 atom stereocenters. The summed E-state index contributed by atoms with van der Waals surface area (Å²) in [5.74, 6) is 0.311. The molecule has 0 aromatic heterocycles. The molecule has 1 heterocycles. The van der Waals surface area contributed by atoms with Gasteiger partial charge in [-0.2, -0.15) is 0 Å². The molecule has 0 saturated carbocycles. The smallest absolute Gasteiger partial charge is 0.234 e. The van der Waals surface area contributed by atoms with Crippen molar-refractivity contribution < 1.29 is 9.59 Å². The Hall–Kier alpha value is -1.14. The molecule has 2 N–H and O–H groups in total. The molecule has 0 aliphatic carbocycles. The van der Waals surface area contributed by atoms with Gasteiger partial charge in [-0.15, -0.1) is 0 Å². The highest BCUT2D eigenvalue weighted by Gasteiger charge is 2.27. The van der Waals surface area contributed by atoms with Gasteiger partial charge in [-0.3, -0.25) is 14.5 Å². The molecule has 1 fully saturated rings. The van der Waals surface area contributed by atoms with E-state index in [1.807, 2.05) is 21.0 Å². The van der Waals surface area contributed by atoms with Gasteiger partial charge in [0, 0.05) is 25.6 Å². The maximum atomic E-state index is 12.3. The van der Waals surface area contributed by atoms with Gasteiger partial charge in [0.25, 0.3) is 0 Å². The van der Waals surface area contributed by atoms with Crippen molar-refractivity contribution in [3.8, 4) is 0 Å². The number of likely N-dealkylation sites (tertiary alicyclic amines) is 1. The van der Waals surface area contributed by atoms with Gasteiger partial charge in [-0.1, -0.05) is 13.8 Å². The predicted octanol–water partition coefficient (Wildman–Crippen LogP) is 0.539. The van der Waals surface area contributed by atoms with Crippen molar-refractivity contribution in [2.45, 2.75) is 33.6 Å². The fraction of sp³-hybridized carbons (Fsp3) is 0.882. The van der Waals surface area contributed by atoms with Gasteiger partial charge in [-0.05, 0) is 52.4 Å². The van der Waals surface area contributed by atoms with Crippen molar-refractivity contribution in [2.24, 2.45) is 11.3 Å². The van der Waals surface area contributed by atoms with Crippen molar-refractivity contribution in [1.29, 1.82) is 0 Å². The molecule has 1 aliphatic heterocycles. The van der Waals surface area contributed by atoms with Crippen molar-refractivity contribution in [1.82, 2.24) is 20.4 Å². The van der Waals surface area contributed by atoms with Crippen LogP contribution in [-0.4, -0.2) is 75.0 Å². The molecule has 0 unspecified atom stereocenters. The first-order chi connectivity index (χ1) is 10.7. The van der Waals surface area contributed by atoms with Crippen LogP contribution in [0.3, 0.4) is 0 Å². The zero-order valence-corrected chi connectivity index (χ0v) is 15.4. The van der Waals surface area contributed by atoms with Gasteiger partial charge in [0.1, 0.15) is 0 Å². The number of piperidine rings is 1. The summed E-state index contributed by atoms with van der Waals surface area (Å²) >= 11 is 0. The Morgan fingerprint density at radius 3 is 2.30 bits per heavy atom. The van der Waals surface area contributed by atoms with E-state index in [0.29, 0.717) is 19.6 Å². The van der Waals surface area contributed by atoms with Crippen molar-refractivity contribution in [3.05, 3.63) is 0 Å². The molecule has 0 radical (unpaired) electrons. The molecular formula is C17H34N4O2. The highest BCUT2D eigenvalue weighted by molar-refractivity contribution is 5.79. The second-order valence-corrected chi connectivity index (χ2v) is 7.62. The number of nitrogens with one attached hydrogen (secondary N) is 2. The molecule has 23 heavy (non-hydrogen) atoms. The van der Waals surface area contributed by atoms with Gasteiger partial charge in [0.15, 0.2) is 0 Å². The summed E-state index contributed by atoms with van der Waals surface area (Å²) in [4.78, 5) is 28.2. The molecule has 2 amide bonds. The summed E-state index contributed by atoms with van der Waals surface area (Å²) in [5.41, 5.74) is 0.0676. The third-order valence-electron chi connectivity index (χ3n) is 4.18. The van der Waals surface area contributed by atoms with Crippen molar-refractivity contribution in [2.75, 3.05) is 53.4 Å². The minimum absolute atomic E-state index is 0.0676. The molecule has 1 saturated heterocycles. The van der Waals surface area contributed by atoms with Crippen LogP contribution >= 0.6 is 0 Å². The molecule has 1 rings (SSSR count). The summed E-state index contributed by atoms with van der Waals surface area (Å²) in [7, 11) is 4.10. The molecular weight excluding hydrogens is 292 g/mol. The number of carbonyl (C=O) groups is 2. The Bertz CT molecular complexity index is 388. The van der Waals surface area contributed by atoms with E-state index in [1.54, 1.807) is 0 Å². The fourth-order valence-corrected chi connectivity index (χ4v) is 3.19. The van der Waals surface area contributed by atoms with E-state index in [2.05, 4.69) is 34.3 Å². The maximum absolute atomic E-state index is 12.3. The van der Waals surface area contributed by atoms with E-state index in [0.717, 1.165) is 32.5 Å². The van der Waals surface area contributed by atoms with Gasteiger partial charge in [-0.25, -0.2) is 0 Å². The first-order valence-electron chi connectivity index (χ1n) is 8.65. The van der Waals surface area contributed by atoms with Crippen molar-refractivity contribution >= 4 is 11.8 Å². The average molecular weight is 326 g/mol. The van der Waals surface area contributed by atoms with Gasteiger partial charge >= 0.3 is 0 Å². The van der Waals surface area contributed by atoms with Crippen LogP contribution in [-0.2, 0) is 9.59 Å². The topological polar surface area (TPSA) is 64.7 Å². The monoisotopic (exact) mass is 326 g/mol. The lowest BCUT2D eigenvalue weighted by Gasteiger charge is -2.32. The summed E-state index contributed by atoms with van der Waals surface area (Å²) in [6.45, 7) is 10.6. The molecule has 0 aromatic carbocycles. The number of carbonyl (C=O) groups excluding carboxylic acids is 2. The van der Waals surface area contributed by atoms with Gasteiger partial charge in [0.2, 0.25) is 11.8 Å².